The monoisotopic (exact) mass is 288 g/mol. The van der Waals surface area contributed by atoms with E-state index in [-0.39, 0.29) is 10.8 Å². The van der Waals surface area contributed by atoms with Crippen molar-refractivity contribution in [3.8, 4) is 11.8 Å². The molecule has 0 unspecified atom stereocenters. The average molecular weight is 288 g/mol. The summed E-state index contributed by atoms with van der Waals surface area (Å²) in [5.74, 6) is 5.51. The van der Waals surface area contributed by atoms with Gasteiger partial charge in [-0.25, -0.2) is 4.79 Å². The Morgan fingerprint density at radius 2 is 2.25 bits per heavy atom. The summed E-state index contributed by atoms with van der Waals surface area (Å²) in [4.78, 5) is 21.7. The van der Waals surface area contributed by atoms with Crippen LogP contribution in [-0.2, 0) is 4.79 Å². The SMILES string of the molecule is CC(=O)SCCC#Cc1ccc2[nH]nc(C(=O)O)c2c1. The van der Waals surface area contributed by atoms with Crippen LogP contribution in [0.5, 0.6) is 0 Å². The number of rotatable bonds is 3. The van der Waals surface area contributed by atoms with Crippen molar-refractivity contribution in [1.29, 1.82) is 0 Å². The number of nitrogens with one attached hydrogen (secondary N) is 1. The Morgan fingerprint density at radius 1 is 1.45 bits per heavy atom. The third-order valence-corrected chi connectivity index (χ3v) is 3.35. The molecule has 1 heterocycles. The van der Waals surface area contributed by atoms with Crippen LogP contribution in [0.1, 0.15) is 29.4 Å². The third kappa shape index (κ3) is 3.39. The van der Waals surface area contributed by atoms with Crippen molar-refractivity contribution in [2.75, 3.05) is 5.75 Å². The molecule has 6 heteroatoms. The Morgan fingerprint density at radius 3 is 2.95 bits per heavy atom. The predicted octanol–water partition coefficient (Wildman–Crippen LogP) is 2.28. The van der Waals surface area contributed by atoms with Gasteiger partial charge in [-0.15, -0.1) is 0 Å². The Bertz CT molecular complexity index is 725. The normalized spacial score (nSPS) is 10.1. The van der Waals surface area contributed by atoms with Crippen LogP contribution in [0.4, 0.5) is 0 Å². The molecule has 0 saturated heterocycles. The zero-order valence-electron chi connectivity index (χ0n) is 10.8. The van der Waals surface area contributed by atoms with E-state index < -0.39 is 5.97 Å². The summed E-state index contributed by atoms with van der Waals surface area (Å²) in [5.41, 5.74) is 1.39. The van der Waals surface area contributed by atoms with E-state index >= 15 is 0 Å². The molecule has 0 aliphatic heterocycles. The van der Waals surface area contributed by atoms with Gasteiger partial charge < -0.3 is 5.11 Å². The number of carbonyl (C=O) groups excluding carboxylic acids is 1. The van der Waals surface area contributed by atoms with E-state index in [1.807, 2.05) is 0 Å². The number of aromatic carboxylic acids is 1. The number of carboxylic acids is 1. The second-order valence-electron chi connectivity index (χ2n) is 4.03. The minimum Gasteiger partial charge on any atom is -0.476 e. The topological polar surface area (TPSA) is 83.0 Å². The molecule has 1 aromatic heterocycles. The molecule has 0 atom stereocenters. The van der Waals surface area contributed by atoms with Crippen molar-refractivity contribution in [2.24, 2.45) is 0 Å². The summed E-state index contributed by atoms with van der Waals surface area (Å²) >= 11 is 1.24. The van der Waals surface area contributed by atoms with Crippen LogP contribution in [0.2, 0.25) is 0 Å². The number of fused-ring (bicyclic) bond motifs is 1. The first kappa shape index (κ1) is 14.2. The smallest absolute Gasteiger partial charge is 0.357 e. The highest BCUT2D eigenvalue weighted by atomic mass is 32.2. The maximum Gasteiger partial charge on any atom is 0.357 e. The van der Waals surface area contributed by atoms with E-state index in [1.165, 1.54) is 18.7 Å². The molecule has 0 bridgehead atoms. The third-order valence-electron chi connectivity index (χ3n) is 2.53. The zero-order chi connectivity index (χ0) is 14.5. The molecule has 0 aliphatic carbocycles. The number of H-pyrrole nitrogens is 1. The predicted molar refractivity (Wildman–Crippen MR) is 77.7 cm³/mol. The van der Waals surface area contributed by atoms with Crippen LogP contribution in [-0.4, -0.2) is 32.1 Å². The summed E-state index contributed by atoms with van der Waals surface area (Å²) < 4.78 is 0. The highest BCUT2D eigenvalue weighted by molar-refractivity contribution is 8.13. The van der Waals surface area contributed by atoms with Crippen LogP contribution in [0.15, 0.2) is 18.2 Å². The van der Waals surface area contributed by atoms with Crippen LogP contribution in [0.3, 0.4) is 0 Å². The van der Waals surface area contributed by atoms with Gasteiger partial charge in [0.2, 0.25) is 0 Å². The molecule has 2 aromatic rings. The molecule has 1 aromatic carbocycles. The Hall–Kier alpha value is -2.26. The lowest BCUT2D eigenvalue weighted by molar-refractivity contribution is -0.109. The molecule has 0 radical (unpaired) electrons. The standard InChI is InChI=1S/C14H12N2O3S/c1-9(17)20-7-3-2-4-10-5-6-12-11(8-10)13(14(18)19)16-15-12/h5-6,8H,3,7H2,1H3,(H,15,16)(H,18,19). The lowest BCUT2D eigenvalue weighted by Crippen LogP contribution is -1.96. The molecule has 5 nitrogen and oxygen atoms in total. The van der Waals surface area contributed by atoms with Crippen molar-refractivity contribution in [1.82, 2.24) is 10.2 Å². The Kier molecular flexibility index (Phi) is 4.43. The zero-order valence-corrected chi connectivity index (χ0v) is 11.6. The molecule has 102 valence electrons. The van der Waals surface area contributed by atoms with E-state index in [1.54, 1.807) is 18.2 Å². The van der Waals surface area contributed by atoms with Gasteiger partial charge in [-0.05, 0) is 18.2 Å². The quantitative estimate of drug-likeness (QED) is 0.668. The van der Waals surface area contributed by atoms with Gasteiger partial charge in [-0.1, -0.05) is 23.6 Å². The molecule has 0 aliphatic rings. The van der Waals surface area contributed by atoms with Gasteiger partial charge in [-0.3, -0.25) is 9.89 Å². The van der Waals surface area contributed by atoms with Crippen molar-refractivity contribution in [2.45, 2.75) is 13.3 Å². The number of aromatic nitrogens is 2. The number of hydrogen-bond acceptors (Lipinski definition) is 4. The first-order chi connectivity index (χ1) is 9.58. The summed E-state index contributed by atoms with van der Waals surface area (Å²) in [5, 5.41) is 16.0. The van der Waals surface area contributed by atoms with E-state index in [4.69, 9.17) is 5.11 Å². The van der Waals surface area contributed by atoms with Gasteiger partial charge in [0.1, 0.15) is 0 Å². The van der Waals surface area contributed by atoms with Crippen LogP contribution in [0, 0.1) is 11.8 Å². The number of carboxylic acid groups (broad SMARTS) is 1. The second kappa shape index (κ2) is 6.26. The largest absolute Gasteiger partial charge is 0.476 e. The number of carbonyl (C=O) groups is 2. The minimum absolute atomic E-state index is 0.00390. The summed E-state index contributed by atoms with van der Waals surface area (Å²) in [6.07, 6.45) is 0.611. The maximum atomic E-state index is 11.0. The van der Waals surface area contributed by atoms with Crippen molar-refractivity contribution >= 4 is 33.7 Å². The first-order valence-corrected chi connectivity index (χ1v) is 6.90. The molecule has 0 spiro atoms. The van der Waals surface area contributed by atoms with Crippen LogP contribution in [0.25, 0.3) is 10.9 Å². The average Bonchev–Trinajstić information content (AvgIpc) is 2.81. The lowest BCUT2D eigenvalue weighted by atomic mass is 10.1. The number of aromatic amines is 1. The van der Waals surface area contributed by atoms with Crippen LogP contribution >= 0.6 is 11.8 Å². The Labute approximate surface area is 119 Å². The molecule has 2 rings (SSSR count). The molecule has 0 fully saturated rings. The lowest BCUT2D eigenvalue weighted by Gasteiger charge is -1.93. The van der Waals surface area contributed by atoms with Gasteiger partial charge in [0, 0.05) is 30.0 Å². The number of hydrogen-bond donors (Lipinski definition) is 2. The molecule has 20 heavy (non-hydrogen) atoms. The molecular formula is C14H12N2O3S. The van der Waals surface area contributed by atoms with Crippen LogP contribution < -0.4 is 0 Å². The van der Waals surface area contributed by atoms with Gasteiger partial charge in [0.05, 0.1) is 5.52 Å². The van der Waals surface area contributed by atoms with E-state index in [9.17, 15) is 9.59 Å². The maximum absolute atomic E-state index is 11.0. The highest BCUT2D eigenvalue weighted by Crippen LogP contribution is 2.17. The highest BCUT2D eigenvalue weighted by Gasteiger charge is 2.12. The second-order valence-corrected chi connectivity index (χ2v) is 5.30. The fourth-order valence-corrected chi connectivity index (χ4v) is 2.16. The molecular weight excluding hydrogens is 276 g/mol. The van der Waals surface area contributed by atoms with Crippen molar-refractivity contribution < 1.29 is 14.7 Å². The molecule has 2 N–H and O–H groups in total. The van der Waals surface area contributed by atoms with Gasteiger partial charge in [0.25, 0.3) is 0 Å². The fourth-order valence-electron chi connectivity index (χ4n) is 1.67. The number of benzene rings is 1. The summed E-state index contributed by atoms with van der Waals surface area (Å²) in [7, 11) is 0. The van der Waals surface area contributed by atoms with Crippen molar-refractivity contribution in [3.63, 3.8) is 0 Å². The van der Waals surface area contributed by atoms with E-state index in [0.29, 0.717) is 23.1 Å². The van der Waals surface area contributed by atoms with Gasteiger partial charge in [-0.2, -0.15) is 5.10 Å². The molecule has 0 saturated carbocycles. The Balaban J connectivity index is 2.15. The fraction of sp³-hybridized carbons (Fsp3) is 0.214. The van der Waals surface area contributed by atoms with E-state index in [2.05, 4.69) is 22.0 Å². The molecule has 0 amide bonds. The van der Waals surface area contributed by atoms with E-state index in [0.717, 1.165) is 5.56 Å². The van der Waals surface area contributed by atoms with Gasteiger partial charge in [0.15, 0.2) is 10.8 Å². The van der Waals surface area contributed by atoms with Crippen molar-refractivity contribution in [3.05, 3.63) is 29.5 Å². The number of thioether (sulfide) groups is 1. The minimum atomic E-state index is -1.07. The first-order valence-electron chi connectivity index (χ1n) is 5.91. The van der Waals surface area contributed by atoms with Gasteiger partial charge >= 0.3 is 5.97 Å². The number of nitrogens with zero attached hydrogens (tertiary/aromatic N) is 1. The summed E-state index contributed by atoms with van der Waals surface area (Å²) in [6.45, 7) is 1.53. The summed E-state index contributed by atoms with van der Waals surface area (Å²) in [6, 6.07) is 5.26.